The van der Waals surface area contributed by atoms with E-state index in [1.807, 2.05) is 0 Å². The van der Waals surface area contributed by atoms with Crippen molar-refractivity contribution in [2.45, 2.75) is 0 Å². The van der Waals surface area contributed by atoms with Gasteiger partial charge in [-0.3, -0.25) is 9.59 Å². The molecule has 0 aliphatic rings. The lowest BCUT2D eigenvalue weighted by Gasteiger charge is -2.09. The van der Waals surface area contributed by atoms with Crippen LogP contribution in [-0.4, -0.2) is 49.9 Å². The number of methoxy groups -OCH3 is 2. The second-order valence-electron chi connectivity index (χ2n) is 5.47. The average molecular weight is 401 g/mol. The van der Waals surface area contributed by atoms with E-state index in [0.29, 0.717) is 22.7 Å². The van der Waals surface area contributed by atoms with Crippen LogP contribution >= 0.6 is 0 Å². The lowest BCUT2D eigenvalue weighted by molar-refractivity contribution is -0.139. The van der Waals surface area contributed by atoms with Gasteiger partial charge in [-0.25, -0.2) is 10.2 Å². The predicted molar refractivity (Wildman–Crippen MR) is 103 cm³/mol. The number of nitrogens with one attached hydrogen (secondary N) is 2. The maximum absolute atomic E-state index is 11.9. The quantitative estimate of drug-likeness (QED) is 0.344. The van der Waals surface area contributed by atoms with E-state index in [0.717, 1.165) is 0 Å². The molecule has 0 aliphatic carbocycles. The van der Waals surface area contributed by atoms with E-state index in [4.69, 9.17) is 19.3 Å². The Morgan fingerprint density at radius 2 is 1.72 bits per heavy atom. The van der Waals surface area contributed by atoms with Crippen LogP contribution in [0.2, 0.25) is 0 Å². The van der Waals surface area contributed by atoms with Crippen molar-refractivity contribution < 1.29 is 33.7 Å². The number of ether oxygens (including phenoxy) is 3. The van der Waals surface area contributed by atoms with Crippen LogP contribution in [-0.2, 0) is 14.4 Å². The number of aliphatic carboxylic acids is 1. The summed E-state index contributed by atoms with van der Waals surface area (Å²) in [5, 5.41) is 14.8. The summed E-state index contributed by atoms with van der Waals surface area (Å²) >= 11 is 0. The van der Waals surface area contributed by atoms with Gasteiger partial charge in [-0.05, 0) is 48.0 Å². The topological polar surface area (TPSA) is 136 Å². The molecule has 0 aromatic heterocycles. The molecule has 0 aliphatic heterocycles. The molecule has 0 atom stereocenters. The van der Waals surface area contributed by atoms with E-state index in [2.05, 4.69) is 15.8 Å². The first-order chi connectivity index (χ1) is 13.9. The van der Waals surface area contributed by atoms with Crippen LogP contribution in [0, 0.1) is 0 Å². The third kappa shape index (κ3) is 6.54. The molecular formula is C19H19N3O7. The number of amides is 2. The number of carboxylic acid groups (broad SMARTS) is 1. The molecule has 0 bridgehead atoms. The fraction of sp³-hybridized carbons (Fsp3) is 0.158. The van der Waals surface area contributed by atoms with E-state index >= 15 is 0 Å². The summed E-state index contributed by atoms with van der Waals surface area (Å²) in [6.07, 6.45) is 1.29. The molecule has 0 saturated carbocycles. The fourth-order valence-electron chi connectivity index (χ4n) is 2.10. The van der Waals surface area contributed by atoms with Gasteiger partial charge in [0.05, 0.1) is 20.4 Å². The number of carbonyl (C=O) groups is 3. The molecule has 2 rings (SSSR count). The van der Waals surface area contributed by atoms with Crippen molar-refractivity contribution in [1.29, 1.82) is 0 Å². The van der Waals surface area contributed by atoms with Crippen molar-refractivity contribution in [3.8, 4) is 17.2 Å². The molecular weight excluding hydrogens is 382 g/mol. The minimum atomic E-state index is -1.12. The molecule has 29 heavy (non-hydrogen) atoms. The summed E-state index contributed by atoms with van der Waals surface area (Å²) in [4.78, 5) is 34.3. The van der Waals surface area contributed by atoms with Crippen molar-refractivity contribution >= 4 is 29.7 Å². The Morgan fingerprint density at radius 3 is 2.34 bits per heavy atom. The van der Waals surface area contributed by atoms with Gasteiger partial charge in [0.2, 0.25) is 0 Å². The lowest BCUT2D eigenvalue weighted by Crippen LogP contribution is -2.32. The normalized spacial score (nSPS) is 10.3. The summed E-state index contributed by atoms with van der Waals surface area (Å²) in [6.45, 7) is -0.511. The van der Waals surface area contributed by atoms with E-state index in [9.17, 15) is 14.4 Å². The molecule has 3 N–H and O–H groups in total. The predicted octanol–water partition coefficient (Wildman–Crippen LogP) is 1.26. The number of rotatable bonds is 8. The Labute approximate surface area is 166 Å². The van der Waals surface area contributed by atoms with Gasteiger partial charge in [-0.15, -0.1) is 0 Å². The average Bonchev–Trinajstić information content (AvgIpc) is 2.72. The van der Waals surface area contributed by atoms with Gasteiger partial charge in [0.15, 0.2) is 18.1 Å². The summed E-state index contributed by atoms with van der Waals surface area (Å²) < 4.78 is 15.2. The monoisotopic (exact) mass is 401 g/mol. The van der Waals surface area contributed by atoms with Gasteiger partial charge in [0, 0.05) is 5.69 Å². The van der Waals surface area contributed by atoms with Gasteiger partial charge >= 0.3 is 17.8 Å². The molecule has 10 heteroatoms. The van der Waals surface area contributed by atoms with Crippen LogP contribution in [0.3, 0.4) is 0 Å². The second-order valence-corrected chi connectivity index (χ2v) is 5.47. The number of hydrazone groups is 1. The van der Waals surface area contributed by atoms with E-state index in [1.165, 1.54) is 32.6 Å². The van der Waals surface area contributed by atoms with Crippen molar-refractivity contribution in [1.82, 2.24) is 5.43 Å². The Bertz CT molecular complexity index is 911. The molecule has 0 radical (unpaired) electrons. The standard InChI is InChI=1S/C19H19N3O7/c1-27-14-6-4-13(5-7-14)21-18(25)19(26)22-20-10-12-3-8-15(16(9-12)28-2)29-11-17(23)24/h3-10H,11H2,1-2H3,(H,21,25)(H,22,26)(H,23,24)/b20-10-. The SMILES string of the molecule is COc1ccc(NC(=O)C(=O)N/N=C\c2ccc(OCC(=O)O)c(OC)c2)cc1. The Kier molecular flexibility index (Phi) is 7.54. The van der Waals surface area contributed by atoms with Crippen molar-refractivity contribution in [3.05, 3.63) is 48.0 Å². The maximum atomic E-state index is 11.9. The summed E-state index contributed by atoms with van der Waals surface area (Å²) in [5.74, 6) is -1.80. The van der Waals surface area contributed by atoms with Crippen LogP contribution in [0.4, 0.5) is 5.69 Å². The summed E-state index contributed by atoms with van der Waals surface area (Å²) in [5.41, 5.74) is 3.07. The summed E-state index contributed by atoms with van der Waals surface area (Å²) in [6, 6.07) is 11.1. The van der Waals surface area contributed by atoms with Gasteiger partial charge in [0.25, 0.3) is 0 Å². The first-order valence-corrected chi connectivity index (χ1v) is 8.24. The Morgan fingerprint density at radius 1 is 1.00 bits per heavy atom. The molecule has 10 nitrogen and oxygen atoms in total. The molecule has 2 aromatic rings. The molecule has 0 spiro atoms. The minimum Gasteiger partial charge on any atom is -0.497 e. The first kappa shape index (κ1) is 21.2. The van der Waals surface area contributed by atoms with Crippen LogP contribution in [0.5, 0.6) is 17.2 Å². The van der Waals surface area contributed by atoms with E-state index in [-0.39, 0.29) is 5.75 Å². The largest absolute Gasteiger partial charge is 0.497 e. The summed E-state index contributed by atoms with van der Waals surface area (Å²) in [7, 11) is 2.92. The van der Waals surface area contributed by atoms with Gasteiger partial charge < -0.3 is 24.6 Å². The maximum Gasteiger partial charge on any atom is 0.341 e. The molecule has 0 fully saturated rings. The van der Waals surface area contributed by atoms with Crippen molar-refractivity contribution in [2.24, 2.45) is 5.10 Å². The Hall–Kier alpha value is -4.08. The van der Waals surface area contributed by atoms with E-state index < -0.39 is 24.4 Å². The highest BCUT2D eigenvalue weighted by Crippen LogP contribution is 2.27. The highest BCUT2D eigenvalue weighted by atomic mass is 16.5. The molecule has 152 valence electrons. The number of carboxylic acids is 1. The molecule has 0 unspecified atom stereocenters. The minimum absolute atomic E-state index is 0.245. The molecule has 2 aromatic carbocycles. The lowest BCUT2D eigenvalue weighted by atomic mass is 10.2. The third-order valence-corrected chi connectivity index (χ3v) is 3.47. The van der Waals surface area contributed by atoms with Gasteiger partial charge in [-0.1, -0.05) is 0 Å². The zero-order valence-electron chi connectivity index (χ0n) is 15.7. The number of benzene rings is 2. The highest BCUT2D eigenvalue weighted by Gasteiger charge is 2.13. The highest BCUT2D eigenvalue weighted by molar-refractivity contribution is 6.39. The van der Waals surface area contributed by atoms with Crippen LogP contribution in [0.25, 0.3) is 0 Å². The number of hydrogen-bond acceptors (Lipinski definition) is 7. The van der Waals surface area contributed by atoms with Crippen LogP contribution in [0.15, 0.2) is 47.6 Å². The van der Waals surface area contributed by atoms with Gasteiger partial charge in [0.1, 0.15) is 5.75 Å². The number of nitrogens with zero attached hydrogens (tertiary/aromatic N) is 1. The Balaban J connectivity index is 1.92. The first-order valence-electron chi connectivity index (χ1n) is 8.24. The molecule has 0 heterocycles. The number of anilines is 1. The number of carbonyl (C=O) groups excluding carboxylic acids is 2. The van der Waals surface area contributed by atoms with Crippen molar-refractivity contribution in [2.75, 3.05) is 26.1 Å². The van der Waals surface area contributed by atoms with E-state index in [1.54, 1.807) is 30.3 Å². The van der Waals surface area contributed by atoms with Crippen LogP contribution < -0.4 is 25.0 Å². The van der Waals surface area contributed by atoms with Crippen molar-refractivity contribution in [3.63, 3.8) is 0 Å². The smallest absolute Gasteiger partial charge is 0.341 e. The third-order valence-electron chi connectivity index (χ3n) is 3.47. The zero-order valence-corrected chi connectivity index (χ0v) is 15.7. The molecule has 0 saturated heterocycles. The van der Waals surface area contributed by atoms with Gasteiger partial charge in [-0.2, -0.15) is 5.10 Å². The zero-order chi connectivity index (χ0) is 21.2. The second kappa shape index (κ2) is 10.3. The fourth-order valence-corrected chi connectivity index (χ4v) is 2.10. The molecule has 2 amide bonds. The number of hydrogen-bond donors (Lipinski definition) is 3. The van der Waals surface area contributed by atoms with Crippen LogP contribution in [0.1, 0.15) is 5.56 Å².